The van der Waals surface area contributed by atoms with Crippen molar-refractivity contribution < 1.29 is 0 Å². The van der Waals surface area contributed by atoms with E-state index < -0.39 is 0 Å². The van der Waals surface area contributed by atoms with E-state index in [4.69, 9.17) is 6.57 Å². The summed E-state index contributed by atoms with van der Waals surface area (Å²) in [5.41, 5.74) is 0.686. The molecule has 0 saturated carbocycles. The third-order valence-corrected chi connectivity index (χ3v) is 4.28. The van der Waals surface area contributed by atoms with E-state index in [0.29, 0.717) is 5.69 Å². The Hall–Kier alpha value is -0.600. The Morgan fingerprint density at radius 3 is 2.64 bits per heavy atom. The maximum Gasteiger partial charge on any atom is 0.187 e. The fourth-order valence-electron chi connectivity index (χ4n) is 1.30. The van der Waals surface area contributed by atoms with Crippen LogP contribution in [0.4, 0.5) is 5.69 Å². The standard InChI is InChI=1S/C11H5BrIN/c1-14-9-3-2-7-6-11(13)10(12)5-8(7)4-9/h2-6H. The van der Waals surface area contributed by atoms with Crippen LogP contribution in [0.25, 0.3) is 15.6 Å². The van der Waals surface area contributed by atoms with Gasteiger partial charge in [0, 0.05) is 8.04 Å². The van der Waals surface area contributed by atoms with Crippen LogP contribution in [-0.2, 0) is 0 Å². The lowest BCUT2D eigenvalue weighted by Crippen LogP contribution is -1.77. The van der Waals surface area contributed by atoms with Crippen LogP contribution in [0.1, 0.15) is 0 Å². The van der Waals surface area contributed by atoms with E-state index in [-0.39, 0.29) is 0 Å². The molecule has 68 valence electrons. The summed E-state index contributed by atoms with van der Waals surface area (Å²) in [6, 6.07) is 9.89. The van der Waals surface area contributed by atoms with Crippen LogP contribution < -0.4 is 0 Å². The first kappa shape index (κ1) is 9.94. The van der Waals surface area contributed by atoms with Crippen molar-refractivity contribution in [2.45, 2.75) is 0 Å². The molecule has 0 aromatic heterocycles. The summed E-state index contributed by atoms with van der Waals surface area (Å²) in [5, 5.41) is 2.27. The quantitative estimate of drug-likeness (QED) is 0.473. The van der Waals surface area contributed by atoms with Gasteiger partial charge in [0.1, 0.15) is 0 Å². The smallest absolute Gasteiger partial charge is 0.187 e. The molecule has 0 atom stereocenters. The molecule has 2 aromatic rings. The summed E-state index contributed by atoms with van der Waals surface area (Å²) in [6.07, 6.45) is 0. The van der Waals surface area contributed by atoms with Gasteiger partial charge in [-0.05, 0) is 67.5 Å². The SMILES string of the molecule is [C-]#[N+]c1ccc2cc(I)c(Br)cc2c1. The molecule has 0 bridgehead atoms. The lowest BCUT2D eigenvalue weighted by molar-refractivity contribution is 1.64. The summed E-state index contributed by atoms with van der Waals surface area (Å²) in [5.74, 6) is 0. The van der Waals surface area contributed by atoms with Crippen LogP contribution in [0.3, 0.4) is 0 Å². The van der Waals surface area contributed by atoms with Crippen LogP contribution >= 0.6 is 38.5 Å². The molecule has 1 nitrogen and oxygen atoms in total. The predicted molar refractivity (Wildman–Crippen MR) is 70.6 cm³/mol. The largest absolute Gasteiger partial charge is 0.238 e. The number of benzene rings is 2. The molecule has 0 aliphatic rings. The lowest BCUT2D eigenvalue weighted by Gasteiger charge is -2.01. The van der Waals surface area contributed by atoms with Crippen LogP contribution in [0, 0.1) is 10.1 Å². The van der Waals surface area contributed by atoms with E-state index in [1.54, 1.807) is 0 Å². The Kier molecular flexibility index (Phi) is 2.75. The van der Waals surface area contributed by atoms with Gasteiger partial charge in [0.25, 0.3) is 0 Å². The first-order valence-corrected chi connectivity index (χ1v) is 5.84. The molecule has 0 unspecified atom stereocenters. The van der Waals surface area contributed by atoms with Gasteiger partial charge in [-0.3, -0.25) is 0 Å². The van der Waals surface area contributed by atoms with Crippen LogP contribution in [-0.4, -0.2) is 0 Å². The predicted octanol–water partition coefficient (Wildman–Crippen LogP) is 4.76. The van der Waals surface area contributed by atoms with Gasteiger partial charge in [-0.25, -0.2) is 4.85 Å². The minimum atomic E-state index is 0.686. The Morgan fingerprint density at radius 1 is 1.14 bits per heavy atom. The van der Waals surface area contributed by atoms with E-state index in [1.807, 2.05) is 24.3 Å². The zero-order valence-electron chi connectivity index (χ0n) is 7.09. The van der Waals surface area contributed by atoms with Crippen molar-refractivity contribution in [3.05, 3.63) is 49.8 Å². The first-order valence-electron chi connectivity index (χ1n) is 3.97. The van der Waals surface area contributed by atoms with Gasteiger partial charge < -0.3 is 0 Å². The normalized spacial score (nSPS) is 10.1. The average molecular weight is 358 g/mol. The Labute approximate surface area is 104 Å². The molecule has 2 rings (SSSR count). The summed E-state index contributed by atoms with van der Waals surface area (Å²) < 4.78 is 2.26. The van der Waals surface area contributed by atoms with Crippen molar-refractivity contribution in [1.82, 2.24) is 0 Å². The molecule has 0 N–H and O–H groups in total. The van der Waals surface area contributed by atoms with Gasteiger partial charge in [-0.1, -0.05) is 12.1 Å². The van der Waals surface area contributed by atoms with E-state index in [2.05, 4.69) is 49.4 Å². The van der Waals surface area contributed by atoms with Crippen molar-refractivity contribution >= 4 is 55.0 Å². The molecular weight excluding hydrogens is 353 g/mol. The Bertz CT molecular complexity index is 543. The molecule has 0 fully saturated rings. The van der Waals surface area contributed by atoms with Crippen LogP contribution in [0.5, 0.6) is 0 Å². The van der Waals surface area contributed by atoms with Gasteiger partial charge >= 0.3 is 0 Å². The lowest BCUT2D eigenvalue weighted by atomic mass is 10.1. The molecule has 0 amide bonds. The highest BCUT2D eigenvalue weighted by molar-refractivity contribution is 14.1. The van der Waals surface area contributed by atoms with E-state index in [9.17, 15) is 0 Å². The summed E-state index contributed by atoms with van der Waals surface area (Å²) >= 11 is 5.76. The highest BCUT2D eigenvalue weighted by Crippen LogP contribution is 2.28. The molecule has 3 heteroatoms. The second-order valence-electron chi connectivity index (χ2n) is 2.91. The highest BCUT2D eigenvalue weighted by Gasteiger charge is 2.00. The average Bonchev–Trinajstić information content (AvgIpc) is 2.19. The van der Waals surface area contributed by atoms with Crippen LogP contribution in [0.15, 0.2) is 34.8 Å². The zero-order chi connectivity index (χ0) is 10.1. The topological polar surface area (TPSA) is 4.36 Å². The minimum Gasteiger partial charge on any atom is -0.238 e. The fraction of sp³-hybridized carbons (Fsp3) is 0. The van der Waals surface area contributed by atoms with Crippen molar-refractivity contribution in [2.75, 3.05) is 0 Å². The highest BCUT2D eigenvalue weighted by atomic mass is 127. The minimum absolute atomic E-state index is 0.686. The van der Waals surface area contributed by atoms with E-state index in [1.165, 1.54) is 8.96 Å². The van der Waals surface area contributed by atoms with Gasteiger partial charge in [-0.2, -0.15) is 0 Å². The zero-order valence-corrected chi connectivity index (χ0v) is 10.8. The number of rotatable bonds is 0. The summed E-state index contributed by atoms with van der Waals surface area (Å²) in [7, 11) is 0. The second-order valence-corrected chi connectivity index (χ2v) is 4.93. The number of nitrogens with zero attached hydrogens (tertiary/aromatic N) is 1. The van der Waals surface area contributed by atoms with Crippen molar-refractivity contribution in [3.63, 3.8) is 0 Å². The molecule has 14 heavy (non-hydrogen) atoms. The summed E-state index contributed by atoms with van der Waals surface area (Å²) in [4.78, 5) is 3.41. The number of fused-ring (bicyclic) bond motifs is 1. The molecule has 0 radical (unpaired) electrons. The maximum absolute atomic E-state index is 6.93. The first-order chi connectivity index (χ1) is 6.70. The molecule has 0 aliphatic carbocycles. The Morgan fingerprint density at radius 2 is 1.93 bits per heavy atom. The van der Waals surface area contributed by atoms with Gasteiger partial charge in [-0.15, -0.1) is 0 Å². The molecule has 2 aromatic carbocycles. The third-order valence-electron chi connectivity index (χ3n) is 1.99. The van der Waals surface area contributed by atoms with Gasteiger partial charge in [0.2, 0.25) is 0 Å². The summed E-state index contributed by atoms with van der Waals surface area (Å²) in [6.45, 7) is 6.93. The van der Waals surface area contributed by atoms with Crippen molar-refractivity contribution in [1.29, 1.82) is 0 Å². The molecule has 0 heterocycles. The molecule has 0 spiro atoms. The number of hydrogen-bond donors (Lipinski definition) is 0. The number of halogens is 2. The van der Waals surface area contributed by atoms with E-state index >= 15 is 0 Å². The fourth-order valence-corrected chi connectivity index (χ4v) is 2.15. The monoisotopic (exact) mass is 357 g/mol. The van der Waals surface area contributed by atoms with Crippen LogP contribution in [0.2, 0.25) is 0 Å². The van der Waals surface area contributed by atoms with Crippen molar-refractivity contribution in [2.24, 2.45) is 0 Å². The van der Waals surface area contributed by atoms with Crippen molar-refractivity contribution in [3.8, 4) is 0 Å². The van der Waals surface area contributed by atoms with Gasteiger partial charge in [0.05, 0.1) is 6.57 Å². The Balaban J connectivity index is 2.78. The molecule has 0 saturated heterocycles. The maximum atomic E-state index is 6.93. The second kappa shape index (κ2) is 3.87. The molecule has 0 aliphatic heterocycles. The van der Waals surface area contributed by atoms with Gasteiger partial charge in [0.15, 0.2) is 5.69 Å². The van der Waals surface area contributed by atoms with E-state index in [0.717, 1.165) is 9.86 Å². The third kappa shape index (κ3) is 1.77. The number of hydrogen-bond acceptors (Lipinski definition) is 0. The molecular formula is C11H5BrIN.